The van der Waals surface area contributed by atoms with Gasteiger partial charge in [0.25, 0.3) is 0 Å². The molecule has 0 radical (unpaired) electrons. The van der Waals surface area contributed by atoms with Crippen molar-refractivity contribution in [3.8, 4) is 0 Å². The van der Waals surface area contributed by atoms with Crippen LogP contribution in [0, 0.1) is 11.7 Å². The minimum absolute atomic E-state index is 0.00688. The number of amides is 2. The Kier molecular flexibility index (Phi) is 8.91. The van der Waals surface area contributed by atoms with Crippen LogP contribution in [-0.4, -0.2) is 47.4 Å². The normalized spacial score (nSPS) is 20.1. The van der Waals surface area contributed by atoms with Gasteiger partial charge in [0.1, 0.15) is 17.7 Å². The summed E-state index contributed by atoms with van der Waals surface area (Å²) in [5.74, 6) is 0.400. The summed E-state index contributed by atoms with van der Waals surface area (Å²) in [6, 6.07) is 11.4. The molecular weight excluding hydrogens is 457 g/mol. The fourth-order valence-electron chi connectivity index (χ4n) is 5.34. The Balaban J connectivity index is 1.50. The Hall–Kier alpha value is -3.00. The van der Waals surface area contributed by atoms with Crippen molar-refractivity contribution in [1.29, 1.82) is 0 Å². The highest BCUT2D eigenvalue weighted by Gasteiger charge is 2.39. The number of benzene rings is 1. The number of rotatable bonds is 9. The molecule has 0 unspecified atom stereocenters. The summed E-state index contributed by atoms with van der Waals surface area (Å²) in [7, 11) is 1.75. The monoisotopic (exact) mass is 495 g/mol. The van der Waals surface area contributed by atoms with Gasteiger partial charge in [0.2, 0.25) is 11.8 Å². The molecular formula is C28H38FN5O2. The van der Waals surface area contributed by atoms with Crippen molar-refractivity contribution in [2.75, 3.05) is 18.9 Å². The maximum Gasteiger partial charge on any atom is 0.246 e. The molecule has 2 heterocycles. The van der Waals surface area contributed by atoms with Crippen LogP contribution in [-0.2, 0) is 16.1 Å². The van der Waals surface area contributed by atoms with Crippen molar-refractivity contribution in [2.24, 2.45) is 5.92 Å². The molecule has 3 atom stereocenters. The molecule has 8 heteroatoms. The summed E-state index contributed by atoms with van der Waals surface area (Å²) >= 11 is 0. The number of pyridine rings is 1. The number of nitrogens with one attached hydrogen (secondary N) is 3. The third kappa shape index (κ3) is 6.22. The number of carbonyl (C=O) groups is 2. The van der Waals surface area contributed by atoms with Gasteiger partial charge in [-0.15, -0.1) is 0 Å². The SMILES string of the molecule is CN[C@@H](C)C(=O)N[C@H](C(=O)N1CCC[C@H]1c1cccc(NCc2ccccc2F)n1)C1CCCCC1. The number of anilines is 1. The molecule has 194 valence electrons. The van der Waals surface area contributed by atoms with Crippen molar-refractivity contribution < 1.29 is 14.0 Å². The molecule has 1 saturated heterocycles. The van der Waals surface area contributed by atoms with Gasteiger partial charge in [0.15, 0.2) is 0 Å². The molecule has 0 bridgehead atoms. The van der Waals surface area contributed by atoms with Gasteiger partial charge >= 0.3 is 0 Å². The molecule has 7 nitrogen and oxygen atoms in total. The van der Waals surface area contributed by atoms with E-state index in [1.165, 1.54) is 12.5 Å². The van der Waals surface area contributed by atoms with E-state index >= 15 is 0 Å². The first-order valence-electron chi connectivity index (χ1n) is 13.2. The number of hydrogen-bond donors (Lipinski definition) is 3. The lowest BCUT2D eigenvalue weighted by molar-refractivity contribution is -0.139. The Bertz CT molecular complexity index is 1040. The molecule has 1 saturated carbocycles. The lowest BCUT2D eigenvalue weighted by Gasteiger charge is -2.35. The molecule has 0 spiro atoms. The molecule has 1 aromatic heterocycles. The van der Waals surface area contributed by atoms with Gasteiger partial charge in [-0.2, -0.15) is 0 Å². The first kappa shape index (κ1) is 26.1. The minimum atomic E-state index is -0.517. The Morgan fingerprint density at radius 3 is 2.58 bits per heavy atom. The van der Waals surface area contributed by atoms with Crippen LogP contribution in [0.5, 0.6) is 0 Å². The van der Waals surface area contributed by atoms with Crippen molar-refractivity contribution in [2.45, 2.75) is 76.5 Å². The number of nitrogens with zero attached hydrogens (tertiary/aromatic N) is 2. The predicted octanol–water partition coefficient (Wildman–Crippen LogP) is 4.17. The zero-order valence-corrected chi connectivity index (χ0v) is 21.3. The average molecular weight is 496 g/mol. The van der Waals surface area contributed by atoms with E-state index in [1.54, 1.807) is 26.1 Å². The molecule has 1 aliphatic carbocycles. The van der Waals surface area contributed by atoms with Gasteiger partial charge in [0, 0.05) is 18.7 Å². The molecule has 1 aromatic carbocycles. The van der Waals surface area contributed by atoms with Gasteiger partial charge in [-0.05, 0) is 63.8 Å². The fraction of sp³-hybridized carbons (Fsp3) is 0.536. The van der Waals surface area contributed by atoms with E-state index < -0.39 is 6.04 Å². The fourth-order valence-corrected chi connectivity index (χ4v) is 5.34. The third-order valence-corrected chi connectivity index (χ3v) is 7.58. The van der Waals surface area contributed by atoms with Crippen LogP contribution < -0.4 is 16.0 Å². The van der Waals surface area contributed by atoms with Crippen LogP contribution in [0.1, 0.15) is 69.2 Å². The average Bonchev–Trinajstić information content (AvgIpc) is 3.41. The summed E-state index contributed by atoms with van der Waals surface area (Å²) in [5.41, 5.74) is 1.39. The topological polar surface area (TPSA) is 86.4 Å². The standard InChI is InChI=1S/C28H38FN5O2/c1-19(30-2)27(35)33-26(20-10-4-3-5-11-20)28(36)34-17-9-15-24(34)23-14-8-16-25(32-23)31-18-21-12-6-7-13-22(21)29/h6-8,12-14,16,19-20,24,26,30H,3-5,9-11,15,17-18H2,1-2H3,(H,31,32)(H,33,35)/t19-,24-,26-/m0/s1. The minimum Gasteiger partial charge on any atom is -0.366 e. The van der Waals surface area contributed by atoms with E-state index in [0.29, 0.717) is 24.5 Å². The van der Waals surface area contributed by atoms with Gasteiger partial charge in [-0.3, -0.25) is 9.59 Å². The summed E-state index contributed by atoms with van der Waals surface area (Å²) in [6.45, 7) is 2.79. The van der Waals surface area contributed by atoms with Crippen LogP contribution in [0.25, 0.3) is 0 Å². The van der Waals surface area contributed by atoms with E-state index in [0.717, 1.165) is 44.2 Å². The highest BCUT2D eigenvalue weighted by atomic mass is 19.1. The molecule has 2 fully saturated rings. The maximum absolute atomic E-state index is 14.0. The summed E-state index contributed by atoms with van der Waals surface area (Å²) in [6.07, 6.45) is 6.99. The molecule has 4 rings (SSSR count). The van der Waals surface area contributed by atoms with Crippen LogP contribution >= 0.6 is 0 Å². The van der Waals surface area contributed by atoms with Crippen LogP contribution in [0.2, 0.25) is 0 Å². The summed E-state index contributed by atoms with van der Waals surface area (Å²) < 4.78 is 14.0. The van der Waals surface area contributed by atoms with E-state index in [4.69, 9.17) is 4.98 Å². The zero-order valence-electron chi connectivity index (χ0n) is 21.3. The number of likely N-dealkylation sites (tertiary alicyclic amines) is 1. The lowest BCUT2D eigenvalue weighted by atomic mass is 9.83. The molecule has 36 heavy (non-hydrogen) atoms. The lowest BCUT2D eigenvalue weighted by Crippen LogP contribution is -2.55. The number of hydrogen-bond acceptors (Lipinski definition) is 5. The maximum atomic E-state index is 14.0. The van der Waals surface area contributed by atoms with Crippen molar-refractivity contribution in [3.63, 3.8) is 0 Å². The van der Waals surface area contributed by atoms with Crippen molar-refractivity contribution >= 4 is 17.6 Å². The van der Waals surface area contributed by atoms with Gasteiger partial charge in [-0.1, -0.05) is 43.5 Å². The Labute approximate surface area is 213 Å². The first-order chi connectivity index (χ1) is 17.5. The number of halogens is 1. The van der Waals surface area contributed by atoms with E-state index in [9.17, 15) is 14.0 Å². The first-order valence-corrected chi connectivity index (χ1v) is 13.2. The number of likely N-dealkylation sites (N-methyl/N-ethyl adjacent to an activating group) is 1. The molecule has 1 aliphatic heterocycles. The highest BCUT2D eigenvalue weighted by Crippen LogP contribution is 2.34. The molecule has 3 N–H and O–H groups in total. The Morgan fingerprint density at radius 2 is 1.83 bits per heavy atom. The van der Waals surface area contributed by atoms with E-state index in [2.05, 4.69) is 16.0 Å². The summed E-state index contributed by atoms with van der Waals surface area (Å²) in [5, 5.41) is 9.26. The zero-order chi connectivity index (χ0) is 25.5. The highest BCUT2D eigenvalue weighted by molar-refractivity contribution is 5.90. The smallest absolute Gasteiger partial charge is 0.246 e. The van der Waals surface area contributed by atoms with Gasteiger partial charge in [-0.25, -0.2) is 9.37 Å². The molecule has 2 aliphatic rings. The van der Waals surface area contributed by atoms with Crippen LogP contribution in [0.3, 0.4) is 0 Å². The third-order valence-electron chi connectivity index (χ3n) is 7.58. The van der Waals surface area contributed by atoms with E-state index in [1.807, 2.05) is 29.2 Å². The Morgan fingerprint density at radius 1 is 1.06 bits per heavy atom. The van der Waals surface area contributed by atoms with Crippen LogP contribution in [0.15, 0.2) is 42.5 Å². The summed E-state index contributed by atoms with van der Waals surface area (Å²) in [4.78, 5) is 33.4. The second-order valence-corrected chi connectivity index (χ2v) is 9.98. The van der Waals surface area contributed by atoms with E-state index in [-0.39, 0.29) is 35.6 Å². The number of aromatic nitrogens is 1. The quantitative estimate of drug-likeness (QED) is 0.486. The van der Waals surface area contributed by atoms with Gasteiger partial charge in [0.05, 0.1) is 17.8 Å². The molecule has 2 amide bonds. The largest absolute Gasteiger partial charge is 0.366 e. The molecule has 2 aromatic rings. The second kappa shape index (κ2) is 12.3. The predicted molar refractivity (Wildman–Crippen MR) is 139 cm³/mol. The van der Waals surface area contributed by atoms with Crippen molar-refractivity contribution in [3.05, 3.63) is 59.5 Å². The number of carbonyl (C=O) groups excluding carboxylic acids is 2. The second-order valence-electron chi connectivity index (χ2n) is 9.98. The van der Waals surface area contributed by atoms with Crippen LogP contribution in [0.4, 0.5) is 10.2 Å². The van der Waals surface area contributed by atoms with Gasteiger partial charge < -0.3 is 20.9 Å². The van der Waals surface area contributed by atoms with Crippen molar-refractivity contribution in [1.82, 2.24) is 20.5 Å².